The number of hydrogen-bond donors (Lipinski definition) is 0. The van der Waals surface area contributed by atoms with Crippen molar-refractivity contribution in [3.8, 4) is 5.75 Å². The molecule has 1 aromatic rings. The Labute approximate surface area is 104 Å². The van der Waals surface area contributed by atoms with Gasteiger partial charge in [-0.25, -0.2) is 0 Å². The van der Waals surface area contributed by atoms with Gasteiger partial charge in [0.25, 0.3) is 0 Å². The van der Waals surface area contributed by atoms with Crippen LogP contribution in [0, 0.1) is 5.92 Å². The molecule has 2 nitrogen and oxygen atoms in total. The minimum Gasteiger partial charge on any atom is -0.406 e. The molecule has 0 N–H and O–H groups in total. The summed E-state index contributed by atoms with van der Waals surface area (Å²) in [5.41, 5.74) is 0.669. The van der Waals surface area contributed by atoms with E-state index in [1.54, 1.807) is 6.07 Å². The largest absolute Gasteiger partial charge is 0.573 e. The molecule has 0 spiro atoms. The molecule has 0 radical (unpaired) electrons. The molecule has 18 heavy (non-hydrogen) atoms. The van der Waals surface area contributed by atoms with Gasteiger partial charge in [0.1, 0.15) is 12.0 Å². The highest BCUT2D eigenvalue weighted by Gasteiger charge is 2.31. The van der Waals surface area contributed by atoms with E-state index in [0.29, 0.717) is 12.0 Å². The lowest BCUT2D eigenvalue weighted by atomic mass is 9.96. The fourth-order valence-electron chi connectivity index (χ4n) is 1.76. The summed E-state index contributed by atoms with van der Waals surface area (Å²) in [6.45, 7) is 1.96. The smallest absolute Gasteiger partial charge is 0.406 e. The molecule has 0 aliphatic carbocycles. The van der Waals surface area contributed by atoms with Crippen molar-refractivity contribution < 1.29 is 22.7 Å². The normalized spacial score (nSPS) is 13.1. The van der Waals surface area contributed by atoms with E-state index in [-0.39, 0.29) is 11.7 Å². The fourth-order valence-corrected chi connectivity index (χ4v) is 1.76. The van der Waals surface area contributed by atoms with Crippen molar-refractivity contribution in [3.63, 3.8) is 0 Å². The number of halogens is 3. The van der Waals surface area contributed by atoms with Crippen molar-refractivity contribution in [2.24, 2.45) is 5.92 Å². The molecular weight excluding hydrogens is 245 g/mol. The van der Waals surface area contributed by atoms with Crippen LogP contribution in [0.2, 0.25) is 0 Å². The standard InChI is InChI=1S/C13H15F3O2/c1-2-4-11(9-17)7-10-5-3-6-12(8-10)18-13(14,15)16/h3,5-6,8-9,11H,2,4,7H2,1H3. The zero-order valence-corrected chi connectivity index (χ0v) is 10.0. The van der Waals surface area contributed by atoms with E-state index >= 15 is 0 Å². The topological polar surface area (TPSA) is 26.3 Å². The summed E-state index contributed by atoms with van der Waals surface area (Å²) in [6, 6.07) is 5.74. The molecule has 0 aliphatic rings. The number of hydrogen-bond acceptors (Lipinski definition) is 2. The molecule has 1 aromatic carbocycles. The van der Waals surface area contributed by atoms with Crippen LogP contribution in [0.1, 0.15) is 25.3 Å². The molecule has 1 atom stereocenters. The Morgan fingerprint density at radius 3 is 2.67 bits per heavy atom. The Morgan fingerprint density at radius 2 is 2.11 bits per heavy atom. The SMILES string of the molecule is CCCC(C=O)Cc1cccc(OC(F)(F)F)c1. The second-order valence-electron chi connectivity index (χ2n) is 4.08. The van der Waals surface area contributed by atoms with Crippen molar-refractivity contribution >= 4 is 6.29 Å². The Balaban J connectivity index is 2.72. The number of carbonyl (C=O) groups is 1. The van der Waals surface area contributed by atoms with Gasteiger partial charge in [-0.2, -0.15) is 0 Å². The summed E-state index contributed by atoms with van der Waals surface area (Å²) in [7, 11) is 0. The van der Waals surface area contributed by atoms with Gasteiger partial charge < -0.3 is 9.53 Å². The molecule has 0 saturated heterocycles. The highest BCUT2D eigenvalue weighted by molar-refractivity contribution is 5.54. The highest BCUT2D eigenvalue weighted by Crippen LogP contribution is 2.24. The van der Waals surface area contributed by atoms with E-state index in [4.69, 9.17) is 0 Å². The van der Waals surface area contributed by atoms with Crippen LogP contribution in [0.25, 0.3) is 0 Å². The van der Waals surface area contributed by atoms with E-state index in [1.807, 2.05) is 6.92 Å². The first-order valence-electron chi connectivity index (χ1n) is 5.74. The molecule has 0 aromatic heterocycles. The third-order valence-electron chi connectivity index (χ3n) is 2.48. The van der Waals surface area contributed by atoms with E-state index in [1.165, 1.54) is 18.2 Å². The Bertz CT molecular complexity index is 388. The monoisotopic (exact) mass is 260 g/mol. The van der Waals surface area contributed by atoms with Crippen LogP contribution >= 0.6 is 0 Å². The summed E-state index contributed by atoms with van der Waals surface area (Å²) in [5.74, 6) is -0.405. The number of aldehydes is 1. The number of rotatable bonds is 6. The van der Waals surface area contributed by atoms with Crippen LogP contribution in [-0.2, 0) is 11.2 Å². The molecule has 0 aliphatic heterocycles. The van der Waals surface area contributed by atoms with Gasteiger partial charge in [0.05, 0.1) is 0 Å². The third-order valence-corrected chi connectivity index (χ3v) is 2.48. The minimum atomic E-state index is -4.69. The summed E-state index contributed by atoms with van der Waals surface area (Å²) in [6.07, 6.45) is -1.81. The van der Waals surface area contributed by atoms with Gasteiger partial charge in [-0.3, -0.25) is 0 Å². The van der Waals surface area contributed by atoms with E-state index in [2.05, 4.69) is 4.74 Å². The average molecular weight is 260 g/mol. The van der Waals surface area contributed by atoms with Crippen LogP contribution in [-0.4, -0.2) is 12.6 Å². The van der Waals surface area contributed by atoms with Crippen molar-refractivity contribution in [2.75, 3.05) is 0 Å². The first-order chi connectivity index (χ1) is 8.44. The lowest BCUT2D eigenvalue weighted by Gasteiger charge is -2.12. The number of ether oxygens (including phenoxy) is 1. The minimum absolute atomic E-state index is 0.156. The van der Waals surface area contributed by atoms with Crippen LogP contribution in [0.4, 0.5) is 13.2 Å². The fraction of sp³-hybridized carbons (Fsp3) is 0.462. The first kappa shape index (κ1) is 14.5. The third kappa shape index (κ3) is 5.21. The van der Waals surface area contributed by atoms with Gasteiger partial charge in [0.2, 0.25) is 0 Å². The van der Waals surface area contributed by atoms with Gasteiger partial charge in [-0.1, -0.05) is 25.5 Å². The van der Waals surface area contributed by atoms with E-state index in [0.717, 1.165) is 19.1 Å². The lowest BCUT2D eigenvalue weighted by Crippen LogP contribution is -2.17. The van der Waals surface area contributed by atoms with Crippen molar-refractivity contribution in [1.29, 1.82) is 0 Å². The molecule has 5 heteroatoms. The van der Waals surface area contributed by atoms with Gasteiger partial charge in [0.15, 0.2) is 0 Å². The number of benzene rings is 1. The zero-order chi connectivity index (χ0) is 13.6. The van der Waals surface area contributed by atoms with Crippen molar-refractivity contribution in [2.45, 2.75) is 32.5 Å². The van der Waals surface area contributed by atoms with Gasteiger partial charge in [-0.05, 0) is 30.5 Å². The Hall–Kier alpha value is -1.52. The maximum Gasteiger partial charge on any atom is 0.573 e. The van der Waals surface area contributed by atoms with Crippen LogP contribution in [0.3, 0.4) is 0 Å². The van der Waals surface area contributed by atoms with Gasteiger partial charge in [-0.15, -0.1) is 13.2 Å². The molecule has 0 saturated carbocycles. The van der Waals surface area contributed by atoms with Gasteiger partial charge >= 0.3 is 6.36 Å². The number of alkyl halides is 3. The maximum atomic E-state index is 12.0. The van der Waals surface area contributed by atoms with E-state index in [9.17, 15) is 18.0 Å². The Morgan fingerprint density at radius 1 is 1.39 bits per heavy atom. The molecule has 100 valence electrons. The summed E-state index contributed by atoms with van der Waals surface area (Å²) >= 11 is 0. The molecule has 0 amide bonds. The molecule has 0 heterocycles. The molecule has 1 unspecified atom stereocenters. The molecule has 0 fully saturated rings. The zero-order valence-electron chi connectivity index (χ0n) is 10.0. The summed E-state index contributed by atoms with van der Waals surface area (Å²) in [4.78, 5) is 10.8. The molecule has 1 rings (SSSR count). The summed E-state index contributed by atoms with van der Waals surface area (Å²) in [5, 5.41) is 0. The second-order valence-corrected chi connectivity index (χ2v) is 4.08. The quantitative estimate of drug-likeness (QED) is 0.728. The predicted molar refractivity (Wildman–Crippen MR) is 61.3 cm³/mol. The summed E-state index contributed by atoms with van der Waals surface area (Å²) < 4.78 is 40.0. The van der Waals surface area contributed by atoms with Crippen LogP contribution in [0.5, 0.6) is 5.75 Å². The van der Waals surface area contributed by atoms with Gasteiger partial charge in [0, 0.05) is 5.92 Å². The lowest BCUT2D eigenvalue weighted by molar-refractivity contribution is -0.274. The van der Waals surface area contributed by atoms with Crippen LogP contribution < -0.4 is 4.74 Å². The average Bonchev–Trinajstić information content (AvgIpc) is 2.26. The second kappa shape index (κ2) is 6.42. The van der Waals surface area contributed by atoms with Crippen molar-refractivity contribution in [3.05, 3.63) is 29.8 Å². The first-order valence-corrected chi connectivity index (χ1v) is 5.74. The Kier molecular flexibility index (Phi) is 5.19. The maximum absolute atomic E-state index is 12.0. The highest BCUT2D eigenvalue weighted by atomic mass is 19.4. The number of carbonyl (C=O) groups excluding carboxylic acids is 1. The molecular formula is C13H15F3O2. The predicted octanol–water partition coefficient (Wildman–Crippen LogP) is 3.74. The molecule has 0 bridgehead atoms. The van der Waals surface area contributed by atoms with Crippen LogP contribution in [0.15, 0.2) is 24.3 Å². The van der Waals surface area contributed by atoms with E-state index < -0.39 is 6.36 Å². The van der Waals surface area contributed by atoms with Crippen molar-refractivity contribution in [1.82, 2.24) is 0 Å².